The number of hydrogen-bond donors (Lipinski definition) is 0. The summed E-state index contributed by atoms with van der Waals surface area (Å²) in [5.41, 5.74) is 0. The van der Waals surface area contributed by atoms with Gasteiger partial charge in [0.2, 0.25) is 0 Å². The minimum absolute atomic E-state index is 0.248. The van der Waals surface area contributed by atoms with Gasteiger partial charge in [0.15, 0.2) is 0 Å². The third-order valence-electron chi connectivity index (χ3n) is 0.572. The molecule has 0 unspecified atom stereocenters. The monoisotopic (exact) mass is 101 g/mol. The average molecular weight is 101 g/mol. The molecule has 0 aliphatic heterocycles. The third kappa shape index (κ3) is 3.30. The Labute approximate surface area is 43.5 Å². The molecule has 0 bridgehead atoms. The quantitative estimate of drug-likeness (QED) is 0.480. The van der Waals surface area contributed by atoms with Crippen LogP contribution in [-0.2, 0) is 9.53 Å². The number of methoxy groups -OCH3 is 1. The van der Waals surface area contributed by atoms with E-state index in [0.29, 0.717) is 0 Å². The van der Waals surface area contributed by atoms with Gasteiger partial charge >= 0.3 is 5.97 Å². The standard InChI is InChI=1S/C5H9O2/c1-3-4-5(6)7-2/h4H,3H2,1-2H3. The van der Waals surface area contributed by atoms with Crippen molar-refractivity contribution in [2.45, 2.75) is 13.3 Å². The summed E-state index contributed by atoms with van der Waals surface area (Å²) >= 11 is 0. The van der Waals surface area contributed by atoms with Crippen molar-refractivity contribution in [3.63, 3.8) is 0 Å². The maximum atomic E-state index is 10.1. The summed E-state index contributed by atoms with van der Waals surface area (Å²) in [6.07, 6.45) is 2.23. The number of ether oxygens (including phenoxy) is 1. The second kappa shape index (κ2) is 3.65. The van der Waals surface area contributed by atoms with E-state index in [0.717, 1.165) is 6.42 Å². The molecule has 0 N–H and O–H groups in total. The van der Waals surface area contributed by atoms with E-state index in [-0.39, 0.29) is 5.97 Å². The summed E-state index contributed by atoms with van der Waals surface area (Å²) < 4.78 is 4.30. The zero-order valence-electron chi connectivity index (χ0n) is 4.60. The van der Waals surface area contributed by atoms with Crippen molar-refractivity contribution in [3.05, 3.63) is 6.42 Å². The molecule has 1 radical (unpaired) electrons. The molecule has 0 aromatic carbocycles. The molecule has 0 heterocycles. The highest BCUT2D eigenvalue weighted by Crippen LogP contribution is 1.84. The molecule has 0 aliphatic rings. The maximum Gasteiger partial charge on any atom is 0.309 e. The van der Waals surface area contributed by atoms with Crippen molar-refractivity contribution >= 4 is 5.97 Å². The summed E-state index contributed by atoms with van der Waals surface area (Å²) in [5.74, 6) is -0.248. The van der Waals surface area contributed by atoms with E-state index in [4.69, 9.17) is 0 Å². The molecule has 0 saturated heterocycles. The lowest BCUT2D eigenvalue weighted by atomic mass is 10.3. The summed E-state index contributed by atoms with van der Waals surface area (Å²) in [4.78, 5) is 10.1. The second-order valence-corrected chi connectivity index (χ2v) is 1.14. The van der Waals surface area contributed by atoms with Gasteiger partial charge in [-0.25, -0.2) is 0 Å². The van der Waals surface area contributed by atoms with Gasteiger partial charge in [0.05, 0.1) is 13.5 Å². The molecule has 0 amide bonds. The van der Waals surface area contributed by atoms with Gasteiger partial charge in [-0.3, -0.25) is 4.79 Å². The van der Waals surface area contributed by atoms with Gasteiger partial charge in [-0.1, -0.05) is 6.92 Å². The van der Waals surface area contributed by atoms with Crippen molar-refractivity contribution in [2.75, 3.05) is 7.11 Å². The highest BCUT2D eigenvalue weighted by Gasteiger charge is 1.93. The summed E-state index contributed by atoms with van der Waals surface area (Å²) in [6.45, 7) is 1.89. The van der Waals surface area contributed by atoms with Gasteiger partial charge in [0, 0.05) is 0 Å². The normalized spacial score (nSPS) is 8.29. The Morgan fingerprint density at radius 1 is 1.86 bits per heavy atom. The summed E-state index contributed by atoms with van der Waals surface area (Å²) in [5, 5.41) is 0. The maximum absolute atomic E-state index is 10.1. The molecular formula is C5H9O2. The zero-order valence-corrected chi connectivity index (χ0v) is 4.60. The predicted molar refractivity (Wildman–Crippen MR) is 26.6 cm³/mol. The van der Waals surface area contributed by atoms with Crippen LogP contribution >= 0.6 is 0 Å². The first-order chi connectivity index (χ1) is 3.31. The molecule has 41 valence electrons. The van der Waals surface area contributed by atoms with E-state index >= 15 is 0 Å². The number of carbonyl (C=O) groups is 1. The van der Waals surface area contributed by atoms with Crippen LogP contribution in [0.4, 0.5) is 0 Å². The lowest BCUT2D eigenvalue weighted by Gasteiger charge is -1.90. The van der Waals surface area contributed by atoms with Gasteiger partial charge in [-0.15, -0.1) is 0 Å². The van der Waals surface area contributed by atoms with Crippen LogP contribution in [-0.4, -0.2) is 13.1 Å². The predicted octanol–water partition coefficient (Wildman–Crippen LogP) is 0.774. The minimum Gasteiger partial charge on any atom is -0.469 e. The third-order valence-corrected chi connectivity index (χ3v) is 0.572. The van der Waals surface area contributed by atoms with E-state index < -0.39 is 0 Å². The molecule has 2 nitrogen and oxygen atoms in total. The molecule has 0 aromatic heterocycles. The summed E-state index contributed by atoms with van der Waals surface area (Å²) in [6, 6.07) is 0. The largest absolute Gasteiger partial charge is 0.469 e. The van der Waals surface area contributed by atoms with Crippen molar-refractivity contribution < 1.29 is 9.53 Å². The van der Waals surface area contributed by atoms with Gasteiger partial charge in [0.1, 0.15) is 0 Å². The molecule has 0 rings (SSSR count). The number of esters is 1. The van der Waals surface area contributed by atoms with Crippen molar-refractivity contribution in [2.24, 2.45) is 0 Å². The number of rotatable bonds is 2. The second-order valence-electron chi connectivity index (χ2n) is 1.14. The van der Waals surface area contributed by atoms with Crippen molar-refractivity contribution in [1.29, 1.82) is 0 Å². The Hall–Kier alpha value is -0.530. The fraction of sp³-hybridized carbons (Fsp3) is 0.600. The molecule has 7 heavy (non-hydrogen) atoms. The molecule has 0 saturated carbocycles. The molecular weight excluding hydrogens is 92.1 g/mol. The van der Waals surface area contributed by atoms with E-state index in [2.05, 4.69) is 4.74 Å². The fourth-order valence-corrected chi connectivity index (χ4v) is 0.250. The van der Waals surface area contributed by atoms with Crippen LogP contribution in [0.2, 0.25) is 0 Å². The molecule has 0 aliphatic carbocycles. The Balaban J connectivity index is 3.00. The highest BCUT2D eigenvalue weighted by molar-refractivity contribution is 5.78. The average Bonchev–Trinajstić information content (AvgIpc) is 1.68. The topological polar surface area (TPSA) is 26.3 Å². The SMILES string of the molecule is CC[CH]C(=O)OC. The minimum atomic E-state index is -0.248. The van der Waals surface area contributed by atoms with E-state index in [1.54, 1.807) is 0 Å². The van der Waals surface area contributed by atoms with Gasteiger partial charge in [-0.05, 0) is 6.42 Å². The smallest absolute Gasteiger partial charge is 0.309 e. The van der Waals surface area contributed by atoms with Crippen molar-refractivity contribution in [1.82, 2.24) is 0 Å². The Morgan fingerprint density at radius 3 is 2.57 bits per heavy atom. The van der Waals surface area contributed by atoms with E-state index in [9.17, 15) is 4.79 Å². The molecule has 0 spiro atoms. The number of hydrogen-bond acceptors (Lipinski definition) is 2. The van der Waals surface area contributed by atoms with Crippen molar-refractivity contribution in [3.8, 4) is 0 Å². The fourth-order valence-electron chi connectivity index (χ4n) is 0.250. The Bertz CT molecular complexity index is 59.1. The van der Waals surface area contributed by atoms with Crippen LogP contribution < -0.4 is 0 Å². The van der Waals surface area contributed by atoms with Gasteiger partial charge in [0.25, 0.3) is 0 Å². The first-order valence-corrected chi connectivity index (χ1v) is 2.22. The first-order valence-electron chi connectivity index (χ1n) is 2.22. The van der Waals surface area contributed by atoms with Gasteiger partial charge < -0.3 is 4.74 Å². The lowest BCUT2D eigenvalue weighted by molar-refractivity contribution is -0.136. The van der Waals surface area contributed by atoms with Crippen LogP contribution in [0.15, 0.2) is 0 Å². The van der Waals surface area contributed by atoms with Crippen LogP contribution in [0.5, 0.6) is 0 Å². The van der Waals surface area contributed by atoms with Crippen LogP contribution in [0, 0.1) is 6.42 Å². The number of carbonyl (C=O) groups excluding carboxylic acids is 1. The highest BCUT2D eigenvalue weighted by atomic mass is 16.5. The molecule has 0 aromatic rings. The molecule has 2 heteroatoms. The lowest BCUT2D eigenvalue weighted by Crippen LogP contribution is -1.98. The molecule has 0 fully saturated rings. The Morgan fingerprint density at radius 2 is 2.43 bits per heavy atom. The van der Waals surface area contributed by atoms with Gasteiger partial charge in [-0.2, -0.15) is 0 Å². The van der Waals surface area contributed by atoms with Crippen LogP contribution in [0.25, 0.3) is 0 Å². The first kappa shape index (κ1) is 6.47. The van der Waals surface area contributed by atoms with E-state index in [1.807, 2.05) is 6.92 Å². The Kier molecular flexibility index (Phi) is 3.38. The van der Waals surface area contributed by atoms with Crippen LogP contribution in [0.3, 0.4) is 0 Å². The zero-order chi connectivity index (χ0) is 5.70. The summed E-state index contributed by atoms with van der Waals surface area (Å²) in [7, 11) is 1.37. The van der Waals surface area contributed by atoms with Crippen LogP contribution in [0.1, 0.15) is 13.3 Å². The van der Waals surface area contributed by atoms with E-state index in [1.165, 1.54) is 13.5 Å². The molecule has 0 atom stereocenters.